The molecule has 0 aliphatic carbocycles. The zero-order valence-electron chi connectivity index (χ0n) is 10.0. The molecule has 17 heavy (non-hydrogen) atoms. The normalized spacial score (nSPS) is 12.7. The molecule has 0 amide bonds. The van der Waals surface area contributed by atoms with Crippen LogP contribution in [-0.2, 0) is 0 Å². The summed E-state index contributed by atoms with van der Waals surface area (Å²) in [5.74, 6) is 0.930. The van der Waals surface area contributed by atoms with Gasteiger partial charge >= 0.3 is 0 Å². The van der Waals surface area contributed by atoms with Crippen LogP contribution in [0.4, 0.5) is 0 Å². The molecule has 2 aromatic rings. The molecule has 0 aliphatic heterocycles. The van der Waals surface area contributed by atoms with Gasteiger partial charge in [-0.1, -0.05) is 38.1 Å². The number of aliphatic hydroxyl groups excluding tert-OH is 1. The van der Waals surface area contributed by atoms with Crippen LogP contribution in [0.3, 0.4) is 0 Å². The van der Waals surface area contributed by atoms with E-state index in [4.69, 9.17) is 0 Å². The molecular weight excluding hydrogens is 212 g/mol. The SMILES string of the molecule is CC(C)c1ccc(C(O)c2ncccn2)cc1. The number of aromatic nitrogens is 2. The van der Waals surface area contributed by atoms with E-state index in [-0.39, 0.29) is 0 Å². The molecule has 3 nitrogen and oxygen atoms in total. The predicted octanol–water partition coefficient (Wildman–Crippen LogP) is 2.68. The third-order valence-electron chi connectivity index (χ3n) is 2.75. The van der Waals surface area contributed by atoms with Crippen molar-refractivity contribution < 1.29 is 5.11 Å². The Hall–Kier alpha value is -1.74. The zero-order valence-corrected chi connectivity index (χ0v) is 10.0. The van der Waals surface area contributed by atoms with Gasteiger partial charge < -0.3 is 5.11 Å². The average molecular weight is 228 g/mol. The second kappa shape index (κ2) is 5.06. The van der Waals surface area contributed by atoms with E-state index in [9.17, 15) is 5.11 Å². The van der Waals surface area contributed by atoms with Crippen molar-refractivity contribution in [2.45, 2.75) is 25.9 Å². The minimum absolute atomic E-state index is 0.435. The van der Waals surface area contributed by atoms with Crippen molar-refractivity contribution in [1.29, 1.82) is 0 Å². The maximum atomic E-state index is 10.1. The number of nitrogens with zero attached hydrogens (tertiary/aromatic N) is 2. The zero-order chi connectivity index (χ0) is 12.3. The van der Waals surface area contributed by atoms with E-state index in [1.807, 2.05) is 24.3 Å². The minimum atomic E-state index is -0.752. The summed E-state index contributed by atoms with van der Waals surface area (Å²) in [7, 11) is 0. The summed E-state index contributed by atoms with van der Waals surface area (Å²) in [5, 5.41) is 10.1. The van der Waals surface area contributed by atoms with Gasteiger partial charge in [-0.15, -0.1) is 0 Å². The largest absolute Gasteiger partial charge is 0.380 e. The van der Waals surface area contributed by atoms with Crippen LogP contribution in [-0.4, -0.2) is 15.1 Å². The first-order chi connectivity index (χ1) is 8.18. The molecule has 1 N–H and O–H groups in total. The topological polar surface area (TPSA) is 46.0 Å². The Kier molecular flexibility index (Phi) is 3.49. The van der Waals surface area contributed by atoms with Crippen LogP contribution >= 0.6 is 0 Å². The molecule has 1 atom stereocenters. The number of aliphatic hydroxyl groups is 1. The molecule has 0 radical (unpaired) electrons. The summed E-state index contributed by atoms with van der Waals surface area (Å²) < 4.78 is 0. The van der Waals surface area contributed by atoms with Gasteiger partial charge in [0.05, 0.1) is 0 Å². The number of hydrogen-bond acceptors (Lipinski definition) is 3. The van der Waals surface area contributed by atoms with Crippen molar-refractivity contribution >= 4 is 0 Å². The summed E-state index contributed by atoms with van der Waals surface area (Å²) in [4.78, 5) is 8.10. The molecule has 2 rings (SSSR count). The first kappa shape index (κ1) is 11.7. The molecular formula is C14H16N2O. The van der Waals surface area contributed by atoms with Gasteiger partial charge in [0.15, 0.2) is 5.82 Å². The number of benzene rings is 1. The molecule has 0 spiro atoms. The van der Waals surface area contributed by atoms with E-state index >= 15 is 0 Å². The molecule has 1 aromatic heterocycles. The monoisotopic (exact) mass is 228 g/mol. The summed E-state index contributed by atoms with van der Waals surface area (Å²) in [6.45, 7) is 4.29. The highest BCUT2D eigenvalue weighted by Crippen LogP contribution is 2.21. The first-order valence-electron chi connectivity index (χ1n) is 5.73. The third kappa shape index (κ3) is 2.68. The highest BCUT2D eigenvalue weighted by molar-refractivity contribution is 5.28. The van der Waals surface area contributed by atoms with Gasteiger partial charge in [0.25, 0.3) is 0 Å². The van der Waals surface area contributed by atoms with Crippen LogP contribution in [0.2, 0.25) is 0 Å². The van der Waals surface area contributed by atoms with Crippen molar-refractivity contribution in [3.63, 3.8) is 0 Å². The lowest BCUT2D eigenvalue weighted by molar-refractivity contribution is 0.210. The summed E-state index contributed by atoms with van der Waals surface area (Å²) >= 11 is 0. The van der Waals surface area contributed by atoms with Gasteiger partial charge in [-0.25, -0.2) is 9.97 Å². The van der Waals surface area contributed by atoms with Crippen LogP contribution in [0.15, 0.2) is 42.7 Å². The van der Waals surface area contributed by atoms with Crippen molar-refractivity contribution in [3.8, 4) is 0 Å². The number of rotatable bonds is 3. The van der Waals surface area contributed by atoms with Crippen LogP contribution in [0.5, 0.6) is 0 Å². The Labute approximate surface area is 101 Å². The fourth-order valence-electron chi connectivity index (χ4n) is 1.66. The molecule has 1 unspecified atom stereocenters. The molecule has 0 aliphatic rings. The van der Waals surface area contributed by atoms with E-state index in [0.29, 0.717) is 11.7 Å². The van der Waals surface area contributed by atoms with Gasteiger partial charge in [0, 0.05) is 12.4 Å². The lowest BCUT2D eigenvalue weighted by Crippen LogP contribution is -2.04. The Balaban J connectivity index is 2.23. The van der Waals surface area contributed by atoms with Crippen molar-refractivity contribution in [1.82, 2.24) is 9.97 Å². The van der Waals surface area contributed by atoms with E-state index in [2.05, 4.69) is 23.8 Å². The highest BCUT2D eigenvalue weighted by atomic mass is 16.3. The van der Waals surface area contributed by atoms with Crippen LogP contribution < -0.4 is 0 Å². The van der Waals surface area contributed by atoms with E-state index in [1.165, 1.54) is 5.56 Å². The van der Waals surface area contributed by atoms with E-state index < -0.39 is 6.10 Å². The lowest BCUT2D eigenvalue weighted by atomic mass is 10.00. The highest BCUT2D eigenvalue weighted by Gasteiger charge is 2.12. The van der Waals surface area contributed by atoms with E-state index in [0.717, 1.165) is 5.56 Å². The van der Waals surface area contributed by atoms with Crippen molar-refractivity contribution in [3.05, 3.63) is 59.7 Å². The Morgan fingerprint density at radius 3 is 2.00 bits per heavy atom. The quantitative estimate of drug-likeness (QED) is 0.878. The van der Waals surface area contributed by atoms with Crippen molar-refractivity contribution in [2.75, 3.05) is 0 Å². The smallest absolute Gasteiger partial charge is 0.161 e. The first-order valence-corrected chi connectivity index (χ1v) is 5.73. The number of hydrogen-bond donors (Lipinski definition) is 1. The predicted molar refractivity (Wildman–Crippen MR) is 66.6 cm³/mol. The van der Waals surface area contributed by atoms with Gasteiger partial charge in [-0.3, -0.25) is 0 Å². The summed E-state index contributed by atoms with van der Waals surface area (Å²) in [6, 6.07) is 9.66. The Morgan fingerprint density at radius 1 is 0.941 bits per heavy atom. The molecule has 0 saturated carbocycles. The summed E-state index contributed by atoms with van der Waals surface area (Å²) in [5.41, 5.74) is 2.08. The summed E-state index contributed by atoms with van der Waals surface area (Å²) in [6.07, 6.45) is 2.51. The third-order valence-corrected chi connectivity index (χ3v) is 2.75. The second-order valence-corrected chi connectivity index (χ2v) is 4.33. The minimum Gasteiger partial charge on any atom is -0.380 e. The Morgan fingerprint density at radius 2 is 1.47 bits per heavy atom. The second-order valence-electron chi connectivity index (χ2n) is 4.33. The van der Waals surface area contributed by atoms with Gasteiger partial charge in [0.1, 0.15) is 6.10 Å². The Bertz CT molecular complexity index is 465. The van der Waals surface area contributed by atoms with Crippen molar-refractivity contribution in [2.24, 2.45) is 0 Å². The van der Waals surface area contributed by atoms with Crippen LogP contribution in [0, 0.1) is 0 Å². The van der Waals surface area contributed by atoms with Gasteiger partial charge in [-0.2, -0.15) is 0 Å². The lowest BCUT2D eigenvalue weighted by Gasteiger charge is -2.11. The maximum absolute atomic E-state index is 10.1. The van der Waals surface area contributed by atoms with Crippen LogP contribution in [0.25, 0.3) is 0 Å². The molecule has 1 heterocycles. The standard InChI is InChI=1S/C14H16N2O/c1-10(2)11-4-6-12(7-5-11)13(17)14-15-8-3-9-16-14/h3-10,13,17H,1-2H3. The van der Waals surface area contributed by atoms with Gasteiger partial charge in [0.2, 0.25) is 0 Å². The maximum Gasteiger partial charge on any atom is 0.161 e. The molecule has 3 heteroatoms. The molecule has 0 bridgehead atoms. The fraction of sp³-hybridized carbons (Fsp3) is 0.286. The molecule has 0 saturated heterocycles. The fourth-order valence-corrected chi connectivity index (χ4v) is 1.66. The molecule has 1 aromatic carbocycles. The van der Waals surface area contributed by atoms with Gasteiger partial charge in [-0.05, 0) is 23.1 Å². The average Bonchev–Trinajstić information content (AvgIpc) is 2.39. The molecule has 0 fully saturated rings. The molecule has 88 valence electrons. The van der Waals surface area contributed by atoms with E-state index in [1.54, 1.807) is 18.5 Å². The van der Waals surface area contributed by atoms with Crippen LogP contribution in [0.1, 0.15) is 42.8 Å².